The Balaban J connectivity index is 2.88. The SMILES string of the molecule is CC(C)Oc1ccc(/C=C(/C#N)C(N)=S)cc1. The van der Waals surface area contributed by atoms with Crippen molar-refractivity contribution in [1.82, 2.24) is 0 Å². The molecule has 0 saturated heterocycles. The first-order valence-electron chi connectivity index (χ1n) is 5.21. The minimum atomic E-state index is 0.106. The van der Waals surface area contributed by atoms with Crippen LogP contribution in [0.1, 0.15) is 19.4 Å². The highest BCUT2D eigenvalue weighted by atomic mass is 32.1. The van der Waals surface area contributed by atoms with E-state index in [9.17, 15) is 0 Å². The molecule has 0 radical (unpaired) electrons. The molecule has 0 atom stereocenters. The third-order valence-electron chi connectivity index (χ3n) is 1.95. The van der Waals surface area contributed by atoms with E-state index in [0.29, 0.717) is 5.57 Å². The molecule has 0 amide bonds. The van der Waals surface area contributed by atoms with Crippen molar-refractivity contribution in [3.63, 3.8) is 0 Å². The zero-order valence-electron chi connectivity index (χ0n) is 9.81. The summed E-state index contributed by atoms with van der Waals surface area (Å²) in [5.41, 5.74) is 6.58. The second kappa shape index (κ2) is 6.02. The summed E-state index contributed by atoms with van der Waals surface area (Å²) in [6.07, 6.45) is 1.80. The van der Waals surface area contributed by atoms with Crippen LogP contribution in [-0.2, 0) is 0 Å². The first-order chi connectivity index (χ1) is 8.02. The number of hydrogen-bond acceptors (Lipinski definition) is 3. The zero-order chi connectivity index (χ0) is 12.8. The summed E-state index contributed by atoms with van der Waals surface area (Å²) in [6.45, 7) is 3.93. The van der Waals surface area contributed by atoms with Gasteiger partial charge in [-0.3, -0.25) is 0 Å². The second-order valence-corrected chi connectivity index (χ2v) is 4.21. The molecule has 0 aromatic heterocycles. The maximum atomic E-state index is 8.82. The van der Waals surface area contributed by atoms with Crippen molar-refractivity contribution in [3.8, 4) is 11.8 Å². The molecule has 1 aromatic rings. The van der Waals surface area contributed by atoms with E-state index in [1.807, 2.05) is 44.2 Å². The summed E-state index contributed by atoms with van der Waals surface area (Å²) < 4.78 is 5.51. The van der Waals surface area contributed by atoms with E-state index < -0.39 is 0 Å². The van der Waals surface area contributed by atoms with E-state index in [1.54, 1.807) is 6.08 Å². The number of nitrogens with zero attached hydrogens (tertiary/aromatic N) is 1. The standard InChI is InChI=1S/C13H14N2OS/c1-9(2)16-12-5-3-10(4-6-12)7-11(8-14)13(15)17/h3-7,9H,1-2H3,(H2,15,17)/b11-7-. The molecule has 0 spiro atoms. The quantitative estimate of drug-likeness (QED) is 0.504. The van der Waals surface area contributed by atoms with Gasteiger partial charge in [0.05, 0.1) is 11.7 Å². The molecule has 0 aliphatic rings. The van der Waals surface area contributed by atoms with Gasteiger partial charge in [-0.2, -0.15) is 5.26 Å². The van der Waals surface area contributed by atoms with Crippen LogP contribution in [-0.4, -0.2) is 11.1 Å². The Hall–Kier alpha value is -1.86. The fourth-order valence-electron chi connectivity index (χ4n) is 1.24. The van der Waals surface area contributed by atoms with Crippen LogP contribution in [0.5, 0.6) is 5.75 Å². The molecular weight excluding hydrogens is 232 g/mol. The minimum Gasteiger partial charge on any atom is -0.491 e. The molecule has 0 unspecified atom stereocenters. The summed E-state index contributed by atoms with van der Waals surface area (Å²) in [5.74, 6) is 0.797. The molecular formula is C13H14N2OS. The molecule has 1 aromatic carbocycles. The topological polar surface area (TPSA) is 59.0 Å². The number of rotatable bonds is 4. The van der Waals surface area contributed by atoms with Gasteiger partial charge in [0, 0.05) is 0 Å². The number of benzene rings is 1. The van der Waals surface area contributed by atoms with E-state index in [1.165, 1.54) is 0 Å². The number of nitriles is 1. The van der Waals surface area contributed by atoms with E-state index in [2.05, 4.69) is 0 Å². The van der Waals surface area contributed by atoms with E-state index >= 15 is 0 Å². The molecule has 0 aliphatic carbocycles. The van der Waals surface area contributed by atoms with Gasteiger partial charge in [0.15, 0.2) is 0 Å². The number of ether oxygens (including phenoxy) is 1. The summed E-state index contributed by atoms with van der Waals surface area (Å²) in [5, 5.41) is 8.82. The van der Waals surface area contributed by atoms with Gasteiger partial charge in [-0.1, -0.05) is 24.4 Å². The number of hydrogen-bond donors (Lipinski definition) is 1. The predicted octanol–water partition coefficient (Wildman–Crippen LogP) is 2.67. The third-order valence-corrected chi connectivity index (χ3v) is 2.17. The molecule has 2 N–H and O–H groups in total. The van der Waals surface area contributed by atoms with Crippen molar-refractivity contribution in [3.05, 3.63) is 35.4 Å². The van der Waals surface area contributed by atoms with Crippen LogP contribution in [0, 0.1) is 11.3 Å². The van der Waals surface area contributed by atoms with Gasteiger partial charge < -0.3 is 10.5 Å². The van der Waals surface area contributed by atoms with Crippen molar-refractivity contribution in [2.75, 3.05) is 0 Å². The molecule has 0 heterocycles. The summed E-state index contributed by atoms with van der Waals surface area (Å²) >= 11 is 4.76. The van der Waals surface area contributed by atoms with Crippen LogP contribution in [0.2, 0.25) is 0 Å². The Kier molecular flexibility index (Phi) is 4.68. The van der Waals surface area contributed by atoms with Gasteiger partial charge in [0.2, 0.25) is 0 Å². The van der Waals surface area contributed by atoms with E-state index in [4.69, 9.17) is 28.0 Å². The van der Waals surface area contributed by atoms with Crippen molar-refractivity contribution >= 4 is 23.3 Å². The zero-order valence-corrected chi connectivity index (χ0v) is 10.6. The average Bonchev–Trinajstić information content (AvgIpc) is 2.26. The largest absolute Gasteiger partial charge is 0.491 e. The maximum Gasteiger partial charge on any atom is 0.119 e. The molecule has 1 rings (SSSR count). The van der Waals surface area contributed by atoms with Crippen LogP contribution in [0.3, 0.4) is 0 Å². The van der Waals surface area contributed by atoms with Gasteiger partial charge in [-0.25, -0.2) is 0 Å². The lowest BCUT2D eigenvalue weighted by atomic mass is 10.1. The number of thiocarbonyl (C=S) groups is 1. The van der Waals surface area contributed by atoms with Crippen molar-refractivity contribution in [2.24, 2.45) is 5.73 Å². The average molecular weight is 246 g/mol. The molecule has 0 aliphatic heterocycles. The summed E-state index contributed by atoms with van der Waals surface area (Å²) in [6, 6.07) is 9.36. The lowest BCUT2D eigenvalue weighted by Crippen LogP contribution is -2.09. The fourth-order valence-corrected chi connectivity index (χ4v) is 1.34. The Labute approximate surface area is 107 Å². The molecule has 88 valence electrons. The molecule has 0 saturated carbocycles. The lowest BCUT2D eigenvalue weighted by Gasteiger charge is -2.09. The third kappa shape index (κ3) is 4.25. The highest BCUT2D eigenvalue weighted by Crippen LogP contribution is 2.15. The van der Waals surface area contributed by atoms with Crippen LogP contribution < -0.4 is 10.5 Å². The summed E-state index contributed by atoms with van der Waals surface area (Å²) in [4.78, 5) is 0.106. The first kappa shape index (κ1) is 13.2. The Morgan fingerprint density at radius 2 is 2.00 bits per heavy atom. The normalized spacial score (nSPS) is 11.1. The maximum absolute atomic E-state index is 8.82. The van der Waals surface area contributed by atoms with Crippen LogP contribution >= 0.6 is 12.2 Å². The smallest absolute Gasteiger partial charge is 0.119 e. The monoisotopic (exact) mass is 246 g/mol. The Bertz CT molecular complexity index is 469. The second-order valence-electron chi connectivity index (χ2n) is 3.77. The molecule has 3 nitrogen and oxygen atoms in total. The van der Waals surface area contributed by atoms with Gasteiger partial charge in [0.1, 0.15) is 16.8 Å². The Morgan fingerprint density at radius 1 is 1.41 bits per heavy atom. The molecule has 17 heavy (non-hydrogen) atoms. The van der Waals surface area contributed by atoms with E-state index in [-0.39, 0.29) is 11.1 Å². The van der Waals surface area contributed by atoms with Gasteiger partial charge in [0.25, 0.3) is 0 Å². The lowest BCUT2D eigenvalue weighted by molar-refractivity contribution is 0.242. The van der Waals surface area contributed by atoms with Crippen molar-refractivity contribution in [1.29, 1.82) is 5.26 Å². The van der Waals surface area contributed by atoms with Crippen LogP contribution in [0.15, 0.2) is 29.8 Å². The van der Waals surface area contributed by atoms with E-state index in [0.717, 1.165) is 11.3 Å². The summed E-state index contributed by atoms with van der Waals surface area (Å²) in [7, 11) is 0. The highest BCUT2D eigenvalue weighted by Gasteiger charge is 2.00. The molecule has 0 bridgehead atoms. The van der Waals surface area contributed by atoms with Crippen molar-refractivity contribution < 1.29 is 4.74 Å². The van der Waals surface area contributed by atoms with Crippen molar-refractivity contribution in [2.45, 2.75) is 20.0 Å². The fraction of sp³-hybridized carbons (Fsp3) is 0.231. The van der Waals surface area contributed by atoms with Gasteiger partial charge >= 0.3 is 0 Å². The van der Waals surface area contributed by atoms with Gasteiger partial charge in [-0.05, 0) is 37.6 Å². The Morgan fingerprint density at radius 3 is 2.41 bits per heavy atom. The van der Waals surface area contributed by atoms with Crippen LogP contribution in [0.4, 0.5) is 0 Å². The molecule has 4 heteroatoms. The number of nitrogens with two attached hydrogens (primary N) is 1. The predicted molar refractivity (Wildman–Crippen MR) is 72.6 cm³/mol. The van der Waals surface area contributed by atoms with Crippen LogP contribution in [0.25, 0.3) is 6.08 Å². The molecule has 0 fully saturated rings. The van der Waals surface area contributed by atoms with Gasteiger partial charge in [-0.15, -0.1) is 0 Å². The minimum absolute atomic E-state index is 0.106. The first-order valence-corrected chi connectivity index (χ1v) is 5.62. The highest BCUT2D eigenvalue weighted by molar-refractivity contribution is 7.80.